The van der Waals surface area contributed by atoms with Crippen molar-refractivity contribution < 1.29 is 33.7 Å². The molecule has 206 valence electrons. The van der Waals surface area contributed by atoms with Crippen LogP contribution in [-0.2, 0) is 16.1 Å². The van der Waals surface area contributed by atoms with Gasteiger partial charge in [0.25, 0.3) is 0 Å². The van der Waals surface area contributed by atoms with Gasteiger partial charge in [0, 0.05) is 42.7 Å². The molecule has 3 rings (SSSR count). The molecule has 0 saturated heterocycles. The summed E-state index contributed by atoms with van der Waals surface area (Å²) in [6.45, 7) is 1.22. The van der Waals surface area contributed by atoms with Crippen LogP contribution in [0, 0.1) is 0 Å². The van der Waals surface area contributed by atoms with Crippen LogP contribution in [0.2, 0.25) is 0 Å². The molecular formula is C28H37N3O7. The molecule has 0 bridgehead atoms. The number of nitrogens with one attached hydrogen (secondary N) is 2. The molecule has 3 N–H and O–H groups in total. The second kappa shape index (κ2) is 14.7. The van der Waals surface area contributed by atoms with E-state index in [0.717, 1.165) is 43.1 Å². The molecule has 0 aliphatic rings. The Morgan fingerprint density at radius 3 is 2.29 bits per heavy atom. The molecule has 2 amide bonds. The Morgan fingerprint density at radius 2 is 1.61 bits per heavy atom. The topological polar surface area (TPSA) is 120 Å². The third-order valence-corrected chi connectivity index (χ3v) is 6.17. The van der Waals surface area contributed by atoms with Crippen molar-refractivity contribution in [2.75, 3.05) is 33.3 Å². The lowest BCUT2D eigenvalue weighted by atomic mass is 10.1. The van der Waals surface area contributed by atoms with Crippen LogP contribution in [0.15, 0.2) is 42.6 Å². The van der Waals surface area contributed by atoms with Crippen LogP contribution < -0.4 is 29.7 Å². The number of unbranched alkanes of at least 4 members (excludes halogenated alkanes) is 3. The highest BCUT2D eigenvalue weighted by Gasteiger charge is 2.18. The maximum atomic E-state index is 12.3. The molecular weight excluding hydrogens is 490 g/mol. The minimum absolute atomic E-state index is 0.0595. The summed E-state index contributed by atoms with van der Waals surface area (Å²) in [4.78, 5) is 23.3. The Labute approximate surface area is 222 Å². The standard InChI is InChI=1S/C28H37N3O7/c1-35-23-18-20-14-16-31(26(20)28(37-3)27(23)36-2)15-9-17-38-22-11-8-10-21(19-22)29-24(32)12-6-4-5-7-13-25(33)30-34/h8,10-11,14,16,18-19,34H,4-7,9,12-13,15,17H2,1-3H3,(H,29,32)(H,30,33). The number of benzene rings is 2. The summed E-state index contributed by atoms with van der Waals surface area (Å²) in [7, 11) is 4.81. The van der Waals surface area contributed by atoms with Crippen molar-refractivity contribution in [2.45, 2.75) is 51.5 Å². The summed E-state index contributed by atoms with van der Waals surface area (Å²) >= 11 is 0. The predicted octanol–water partition coefficient (Wildman–Crippen LogP) is 4.92. The molecule has 0 aliphatic carbocycles. The highest BCUT2D eigenvalue weighted by Crippen LogP contribution is 2.43. The average molecular weight is 528 g/mol. The molecule has 0 aliphatic heterocycles. The van der Waals surface area contributed by atoms with Gasteiger partial charge >= 0.3 is 0 Å². The maximum absolute atomic E-state index is 12.3. The molecule has 0 radical (unpaired) electrons. The fourth-order valence-corrected chi connectivity index (χ4v) is 4.31. The molecule has 0 spiro atoms. The predicted molar refractivity (Wildman–Crippen MR) is 144 cm³/mol. The molecule has 1 heterocycles. The molecule has 2 aromatic carbocycles. The SMILES string of the molecule is COc1cc2ccn(CCCOc3cccc(NC(=O)CCCCCCC(=O)NO)c3)c2c(OC)c1OC. The van der Waals surface area contributed by atoms with Gasteiger partial charge in [0.1, 0.15) is 5.75 Å². The molecule has 0 unspecified atom stereocenters. The number of aryl methyl sites for hydroxylation is 1. The fraction of sp³-hybridized carbons (Fsp3) is 0.429. The van der Waals surface area contributed by atoms with E-state index in [4.69, 9.17) is 24.2 Å². The third-order valence-electron chi connectivity index (χ3n) is 6.17. The quantitative estimate of drug-likeness (QED) is 0.137. The first-order valence-electron chi connectivity index (χ1n) is 12.7. The van der Waals surface area contributed by atoms with Crippen LogP contribution >= 0.6 is 0 Å². The number of hydrogen-bond acceptors (Lipinski definition) is 7. The summed E-state index contributed by atoms with van der Waals surface area (Å²) in [6.07, 6.45) is 6.56. The minimum Gasteiger partial charge on any atom is -0.493 e. The van der Waals surface area contributed by atoms with E-state index in [9.17, 15) is 9.59 Å². The van der Waals surface area contributed by atoms with Gasteiger partial charge < -0.3 is 28.8 Å². The van der Waals surface area contributed by atoms with Crippen LogP contribution in [0.4, 0.5) is 5.69 Å². The molecule has 1 aromatic heterocycles. The molecule has 0 fully saturated rings. The van der Waals surface area contributed by atoms with E-state index < -0.39 is 0 Å². The van der Waals surface area contributed by atoms with Gasteiger partial charge in [-0.05, 0) is 43.5 Å². The molecule has 0 atom stereocenters. The van der Waals surface area contributed by atoms with Gasteiger partial charge in [-0.15, -0.1) is 0 Å². The zero-order chi connectivity index (χ0) is 27.3. The Bertz CT molecular complexity index is 1210. The van der Waals surface area contributed by atoms with Gasteiger partial charge in [0.05, 0.1) is 33.5 Å². The monoisotopic (exact) mass is 527 g/mol. The summed E-state index contributed by atoms with van der Waals surface area (Å²) in [5, 5.41) is 12.4. The van der Waals surface area contributed by atoms with E-state index in [0.29, 0.717) is 48.1 Å². The number of aromatic nitrogens is 1. The lowest BCUT2D eigenvalue weighted by molar-refractivity contribution is -0.129. The molecule has 38 heavy (non-hydrogen) atoms. The third kappa shape index (κ3) is 7.79. The first-order chi connectivity index (χ1) is 18.5. The highest BCUT2D eigenvalue weighted by molar-refractivity contribution is 5.91. The lowest BCUT2D eigenvalue weighted by Gasteiger charge is -2.15. The molecule has 10 nitrogen and oxygen atoms in total. The van der Waals surface area contributed by atoms with E-state index in [1.807, 2.05) is 42.6 Å². The number of hydrogen-bond donors (Lipinski definition) is 3. The van der Waals surface area contributed by atoms with E-state index in [1.54, 1.807) is 26.8 Å². The summed E-state index contributed by atoms with van der Waals surface area (Å²) in [5.74, 6) is 2.05. The second-order valence-corrected chi connectivity index (χ2v) is 8.82. The van der Waals surface area contributed by atoms with Crippen molar-refractivity contribution in [1.82, 2.24) is 10.0 Å². The largest absolute Gasteiger partial charge is 0.493 e. The molecule has 10 heteroatoms. The van der Waals surface area contributed by atoms with Crippen LogP contribution in [0.5, 0.6) is 23.0 Å². The van der Waals surface area contributed by atoms with Gasteiger partial charge in [-0.1, -0.05) is 18.9 Å². The Kier molecular flexibility index (Phi) is 11.1. The van der Waals surface area contributed by atoms with E-state index >= 15 is 0 Å². The molecule has 3 aromatic rings. The number of anilines is 1. The molecule has 0 saturated carbocycles. The summed E-state index contributed by atoms with van der Waals surface area (Å²) < 4.78 is 24.7. The van der Waals surface area contributed by atoms with Gasteiger partial charge in [-0.2, -0.15) is 0 Å². The van der Waals surface area contributed by atoms with Gasteiger partial charge in [0.15, 0.2) is 11.5 Å². The van der Waals surface area contributed by atoms with Crippen molar-refractivity contribution in [3.05, 3.63) is 42.6 Å². The zero-order valence-electron chi connectivity index (χ0n) is 22.2. The van der Waals surface area contributed by atoms with E-state index in [2.05, 4.69) is 9.88 Å². The number of hydroxylamine groups is 1. The fourth-order valence-electron chi connectivity index (χ4n) is 4.31. The number of ether oxygens (including phenoxy) is 4. The average Bonchev–Trinajstić information content (AvgIpc) is 3.34. The summed E-state index contributed by atoms with van der Waals surface area (Å²) in [5.41, 5.74) is 3.24. The Hall–Kier alpha value is -3.92. The van der Waals surface area contributed by atoms with Gasteiger partial charge in [0.2, 0.25) is 17.6 Å². The number of carbonyl (C=O) groups is 2. The highest BCUT2D eigenvalue weighted by atomic mass is 16.5. The Morgan fingerprint density at radius 1 is 0.868 bits per heavy atom. The smallest absolute Gasteiger partial charge is 0.243 e. The number of rotatable bonds is 16. The van der Waals surface area contributed by atoms with Crippen LogP contribution in [-0.4, -0.2) is 49.5 Å². The van der Waals surface area contributed by atoms with Crippen LogP contribution in [0.25, 0.3) is 10.9 Å². The lowest BCUT2D eigenvalue weighted by Crippen LogP contribution is -2.17. The van der Waals surface area contributed by atoms with Crippen molar-refractivity contribution in [3.63, 3.8) is 0 Å². The summed E-state index contributed by atoms with van der Waals surface area (Å²) in [6, 6.07) is 11.3. The zero-order valence-corrected chi connectivity index (χ0v) is 22.2. The number of amides is 2. The maximum Gasteiger partial charge on any atom is 0.243 e. The number of fused-ring (bicyclic) bond motifs is 1. The van der Waals surface area contributed by atoms with E-state index in [1.165, 1.54) is 0 Å². The second-order valence-electron chi connectivity index (χ2n) is 8.82. The van der Waals surface area contributed by atoms with Gasteiger partial charge in [-0.3, -0.25) is 14.8 Å². The number of nitrogens with zero attached hydrogens (tertiary/aromatic N) is 1. The Balaban J connectivity index is 1.46. The number of carbonyl (C=O) groups excluding carboxylic acids is 2. The first kappa shape index (κ1) is 28.6. The van der Waals surface area contributed by atoms with E-state index in [-0.39, 0.29) is 18.2 Å². The van der Waals surface area contributed by atoms with Crippen molar-refractivity contribution in [2.24, 2.45) is 0 Å². The van der Waals surface area contributed by atoms with Gasteiger partial charge in [-0.25, -0.2) is 5.48 Å². The first-order valence-corrected chi connectivity index (χ1v) is 12.7. The van der Waals surface area contributed by atoms with Crippen molar-refractivity contribution >= 4 is 28.4 Å². The van der Waals surface area contributed by atoms with Crippen molar-refractivity contribution in [3.8, 4) is 23.0 Å². The number of methoxy groups -OCH3 is 3. The van der Waals surface area contributed by atoms with Crippen LogP contribution in [0.3, 0.4) is 0 Å². The van der Waals surface area contributed by atoms with Crippen molar-refractivity contribution in [1.29, 1.82) is 0 Å². The normalized spacial score (nSPS) is 10.7. The minimum atomic E-state index is -0.384. The van der Waals surface area contributed by atoms with Crippen LogP contribution in [0.1, 0.15) is 44.9 Å².